The molecule has 15 heavy (non-hydrogen) atoms. The number of carbonyl (C=O) groups is 1. The van der Waals surface area contributed by atoms with Crippen LogP contribution in [0.3, 0.4) is 0 Å². The Bertz CT molecular complexity index is 350. The molecule has 2 N–H and O–H groups in total. The lowest BCUT2D eigenvalue weighted by molar-refractivity contribution is -0.135. The molecule has 0 unspecified atom stereocenters. The van der Waals surface area contributed by atoms with Gasteiger partial charge in [0.25, 0.3) is 0 Å². The highest BCUT2D eigenvalue weighted by Gasteiger charge is 2.00. The summed E-state index contributed by atoms with van der Waals surface area (Å²) in [4.78, 5) is 10.3. The highest BCUT2D eigenvalue weighted by Crippen LogP contribution is 2.18. The van der Waals surface area contributed by atoms with Crippen molar-refractivity contribution in [2.45, 2.75) is 13.5 Å². The second-order valence-corrected chi connectivity index (χ2v) is 3.30. The summed E-state index contributed by atoms with van der Waals surface area (Å²) in [7, 11) is 1.63. The fraction of sp³-hybridized carbons (Fsp3) is 0.364. The van der Waals surface area contributed by atoms with Crippen LogP contribution in [0, 0.1) is 6.92 Å². The Kier molecular flexibility index (Phi) is 4.12. The van der Waals surface area contributed by atoms with Gasteiger partial charge in [0.2, 0.25) is 0 Å². The number of rotatable bonds is 5. The molecule has 0 aliphatic rings. The van der Waals surface area contributed by atoms with E-state index >= 15 is 0 Å². The number of nitrogens with one attached hydrogen (secondary N) is 1. The molecule has 0 fully saturated rings. The zero-order chi connectivity index (χ0) is 11.3. The minimum absolute atomic E-state index is 0.0227. The van der Waals surface area contributed by atoms with Crippen molar-refractivity contribution in [2.75, 3.05) is 13.7 Å². The van der Waals surface area contributed by atoms with E-state index in [0.29, 0.717) is 6.54 Å². The van der Waals surface area contributed by atoms with Crippen LogP contribution in [0.2, 0.25) is 0 Å². The largest absolute Gasteiger partial charge is 0.496 e. The smallest absolute Gasteiger partial charge is 0.317 e. The molecular weight excluding hydrogens is 194 g/mol. The number of hydrogen-bond acceptors (Lipinski definition) is 3. The summed E-state index contributed by atoms with van der Waals surface area (Å²) in [5.41, 5.74) is 2.10. The van der Waals surface area contributed by atoms with Crippen molar-refractivity contribution in [3.63, 3.8) is 0 Å². The van der Waals surface area contributed by atoms with Crippen molar-refractivity contribution in [3.8, 4) is 5.75 Å². The molecule has 0 saturated heterocycles. The summed E-state index contributed by atoms with van der Waals surface area (Å²) in [5.74, 6) is -0.00258. The quantitative estimate of drug-likeness (QED) is 0.764. The van der Waals surface area contributed by atoms with Crippen LogP contribution in [0.25, 0.3) is 0 Å². The Labute approximate surface area is 88.9 Å². The van der Waals surface area contributed by atoms with E-state index in [4.69, 9.17) is 9.84 Å². The fourth-order valence-electron chi connectivity index (χ4n) is 1.36. The molecule has 0 bridgehead atoms. The van der Waals surface area contributed by atoms with E-state index in [1.807, 2.05) is 25.1 Å². The van der Waals surface area contributed by atoms with Gasteiger partial charge in [0.05, 0.1) is 13.7 Å². The fourth-order valence-corrected chi connectivity index (χ4v) is 1.36. The third-order valence-corrected chi connectivity index (χ3v) is 2.06. The van der Waals surface area contributed by atoms with Crippen molar-refractivity contribution < 1.29 is 14.6 Å². The first-order chi connectivity index (χ1) is 7.13. The monoisotopic (exact) mass is 209 g/mol. The van der Waals surface area contributed by atoms with Gasteiger partial charge in [-0.15, -0.1) is 0 Å². The van der Waals surface area contributed by atoms with Crippen molar-refractivity contribution >= 4 is 5.97 Å². The van der Waals surface area contributed by atoms with E-state index in [-0.39, 0.29) is 6.54 Å². The average molecular weight is 209 g/mol. The first-order valence-electron chi connectivity index (χ1n) is 4.69. The summed E-state index contributed by atoms with van der Waals surface area (Å²) < 4.78 is 5.13. The molecule has 0 spiro atoms. The van der Waals surface area contributed by atoms with Gasteiger partial charge in [-0.2, -0.15) is 0 Å². The third-order valence-electron chi connectivity index (χ3n) is 2.06. The Morgan fingerprint density at radius 3 is 2.80 bits per heavy atom. The van der Waals surface area contributed by atoms with E-state index in [9.17, 15) is 4.79 Å². The summed E-state index contributed by atoms with van der Waals surface area (Å²) >= 11 is 0. The van der Waals surface area contributed by atoms with Gasteiger partial charge in [-0.25, -0.2) is 0 Å². The normalized spacial score (nSPS) is 10.0. The van der Waals surface area contributed by atoms with Crippen LogP contribution < -0.4 is 10.1 Å². The van der Waals surface area contributed by atoms with Crippen LogP contribution in [0.4, 0.5) is 0 Å². The van der Waals surface area contributed by atoms with Gasteiger partial charge in [-0.05, 0) is 24.1 Å². The highest BCUT2D eigenvalue weighted by atomic mass is 16.5. The maximum Gasteiger partial charge on any atom is 0.317 e. The number of methoxy groups -OCH3 is 1. The predicted octanol–water partition coefficient (Wildman–Crippen LogP) is 1.18. The highest BCUT2D eigenvalue weighted by molar-refractivity contribution is 5.68. The first kappa shape index (κ1) is 11.5. The SMILES string of the molecule is COc1ccc(CNCC(=O)O)cc1C. The maximum atomic E-state index is 10.3. The van der Waals surface area contributed by atoms with Gasteiger partial charge in [-0.3, -0.25) is 4.79 Å². The van der Waals surface area contributed by atoms with E-state index in [1.54, 1.807) is 7.11 Å². The lowest BCUT2D eigenvalue weighted by Gasteiger charge is -2.07. The van der Waals surface area contributed by atoms with Gasteiger partial charge >= 0.3 is 5.97 Å². The number of aryl methyl sites for hydroxylation is 1. The number of carboxylic acids is 1. The van der Waals surface area contributed by atoms with E-state index < -0.39 is 5.97 Å². The number of hydrogen-bond donors (Lipinski definition) is 2. The Morgan fingerprint density at radius 1 is 1.53 bits per heavy atom. The standard InChI is InChI=1S/C11H15NO3/c1-8-5-9(3-4-10(8)15-2)6-12-7-11(13)14/h3-5,12H,6-7H2,1-2H3,(H,13,14). The number of carboxylic acid groups (broad SMARTS) is 1. The predicted molar refractivity (Wildman–Crippen MR) is 57.1 cm³/mol. The molecule has 0 amide bonds. The molecule has 0 aliphatic carbocycles. The van der Waals surface area contributed by atoms with Gasteiger partial charge in [0, 0.05) is 6.54 Å². The zero-order valence-corrected chi connectivity index (χ0v) is 8.91. The maximum absolute atomic E-state index is 10.3. The molecule has 1 aromatic carbocycles. The van der Waals surface area contributed by atoms with Crippen molar-refractivity contribution in [2.24, 2.45) is 0 Å². The Hall–Kier alpha value is -1.55. The third kappa shape index (κ3) is 3.59. The molecule has 1 rings (SSSR count). The van der Waals surface area contributed by atoms with Gasteiger partial charge in [-0.1, -0.05) is 12.1 Å². The average Bonchev–Trinajstić information content (AvgIpc) is 2.17. The van der Waals surface area contributed by atoms with E-state index in [0.717, 1.165) is 16.9 Å². The number of benzene rings is 1. The Balaban J connectivity index is 2.55. The molecule has 0 saturated carbocycles. The lowest BCUT2D eigenvalue weighted by Crippen LogP contribution is -2.21. The molecule has 4 nitrogen and oxygen atoms in total. The van der Waals surface area contributed by atoms with Crippen LogP contribution in [0.15, 0.2) is 18.2 Å². The minimum atomic E-state index is -0.847. The summed E-state index contributed by atoms with van der Waals surface area (Å²) in [6.07, 6.45) is 0. The Morgan fingerprint density at radius 2 is 2.27 bits per heavy atom. The van der Waals surface area contributed by atoms with Crippen molar-refractivity contribution in [1.29, 1.82) is 0 Å². The summed E-state index contributed by atoms with van der Waals surface area (Å²) in [6.45, 7) is 2.49. The van der Waals surface area contributed by atoms with Crippen LogP contribution in [-0.2, 0) is 11.3 Å². The van der Waals surface area contributed by atoms with Crippen molar-refractivity contribution in [3.05, 3.63) is 29.3 Å². The number of ether oxygens (including phenoxy) is 1. The topological polar surface area (TPSA) is 58.6 Å². The van der Waals surface area contributed by atoms with Crippen LogP contribution in [0.1, 0.15) is 11.1 Å². The van der Waals surface area contributed by atoms with Crippen LogP contribution in [0.5, 0.6) is 5.75 Å². The van der Waals surface area contributed by atoms with Crippen LogP contribution >= 0.6 is 0 Å². The second-order valence-electron chi connectivity index (χ2n) is 3.30. The second kappa shape index (κ2) is 5.36. The summed E-state index contributed by atoms with van der Waals surface area (Å²) in [6, 6.07) is 5.78. The van der Waals surface area contributed by atoms with Gasteiger partial charge in [0.1, 0.15) is 5.75 Å². The van der Waals surface area contributed by atoms with Gasteiger partial charge < -0.3 is 15.2 Å². The summed E-state index contributed by atoms with van der Waals surface area (Å²) in [5, 5.41) is 11.3. The van der Waals surface area contributed by atoms with Crippen molar-refractivity contribution in [1.82, 2.24) is 5.32 Å². The molecule has 0 heterocycles. The van der Waals surface area contributed by atoms with E-state index in [1.165, 1.54) is 0 Å². The van der Waals surface area contributed by atoms with Gasteiger partial charge in [0.15, 0.2) is 0 Å². The molecular formula is C11H15NO3. The molecule has 82 valence electrons. The lowest BCUT2D eigenvalue weighted by atomic mass is 10.1. The molecule has 0 atom stereocenters. The number of aliphatic carboxylic acids is 1. The first-order valence-corrected chi connectivity index (χ1v) is 4.69. The molecule has 0 aromatic heterocycles. The molecule has 1 aromatic rings. The minimum Gasteiger partial charge on any atom is -0.496 e. The van der Waals surface area contributed by atoms with E-state index in [2.05, 4.69) is 5.32 Å². The molecule has 0 aliphatic heterocycles. The van der Waals surface area contributed by atoms with Crippen LogP contribution in [-0.4, -0.2) is 24.7 Å². The molecule has 4 heteroatoms. The zero-order valence-electron chi connectivity index (χ0n) is 8.91. The molecule has 0 radical (unpaired) electrons.